The molecular weight excluding hydrogens is 383 g/mol. The van der Waals surface area contributed by atoms with Crippen LogP contribution in [0.3, 0.4) is 0 Å². The molecule has 6 heteroatoms. The summed E-state index contributed by atoms with van der Waals surface area (Å²) in [5.74, 6) is 0.0103. The molecule has 1 fully saturated rings. The van der Waals surface area contributed by atoms with Crippen LogP contribution in [0.25, 0.3) is 10.8 Å². The molecule has 0 N–H and O–H groups in total. The lowest BCUT2D eigenvalue weighted by Crippen LogP contribution is -2.50. The number of carbonyl (C=O) groups is 2. The third kappa shape index (κ3) is 4.43. The summed E-state index contributed by atoms with van der Waals surface area (Å²) in [5, 5.41) is 1.98. The first-order chi connectivity index (χ1) is 14.6. The second-order valence-electron chi connectivity index (χ2n) is 7.26. The van der Waals surface area contributed by atoms with E-state index in [1.807, 2.05) is 42.5 Å². The van der Waals surface area contributed by atoms with Crippen molar-refractivity contribution in [2.45, 2.75) is 6.42 Å². The normalized spacial score (nSPS) is 14.0. The van der Waals surface area contributed by atoms with E-state index in [0.29, 0.717) is 37.5 Å². The van der Waals surface area contributed by atoms with E-state index < -0.39 is 0 Å². The zero-order valence-corrected chi connectivity index (χ0v) is 16.6. The number of rotatable bonds is 5. The molecule has 0 aromatic heterocycles. The van der Waals surface area contributed by atoms with Crippen LogP contribution in [-0.2, 0) is 4.79 Å². The van der Waals surface area contributed by atoms with Gasteiger partial charge < -0.3 is 14.5 Å². The van der Waals surface area contributed by atoms with Gasteiger partial charge in [0.25, 0.3) is 5.91 Å². The monoisotopic (exact) mass is 406 g/mol. The number of halogens is 1. The molecule has 5 nitrogen and oxygen atoms in total. The molecule has 1 aliphatic rings. The molecular formula is C24H23FN2O3. The largest absolute Gasteiger partial charge is 0.493 e. The Hall–Kier alpha value is -3.41. The fraction of sp³-hybridized carbons (Fsp3) is 0.250. The quantitative estimate of drug-likeness (QED) is 0.649. The first kappa shape index (κ1) is 19.9. The van der Waals surface area contributed by atoms with Gasteiger partial charge in [0.2, 0.25) is 5.91 Å². The lowest BCUT2D eigenvalue weighted by molar-refractivity contribution is -0.133. The second kappa shape index (κ2) is 8.95. The minimum Gasteiger partial charge on any atom is -0.493 e. The Labute approximate surface area is 174 Å². The van der Waals surface area contributed by atoms with Gasteiger partial charge in [-0.1, -0.05) is 42.5 Å². The van der Waals surface area contributed by atoms with Crippen LogP contribution in [0.2, 0.25) is 0 Å². The molecule has 0 aliphatic carbocycles. The van der Waals surface area contributed by atoms with Crippen molar-refractivity contribution >= 4 is 22.6 Å². The standard InChI is InChI=1S/C24H23FN2O3/c25-19-7-4-8-20(17-19)30-16-11-23(28)26-12-14-27(15-13-26)24(29)22-10-3-6-18-5-1-2-9-21(18)22/h1-10,17H,11-16H2. The van der Waals surface area contributed by atoms with Crippen LogP contribution in [0.1, 0.15) is 16.8 Å². The molecule has 0 saturated carbocycles. The van der Waals surface area contributed by atoms with E-state index in [0.717, 1.165) is 10.8 Å². The topological polar surface area (TPSA) is 49.9 Å². The summed E-state index contributed by atoms with van der Waals surface area (Å²) < 4.78 is 18.6. The zero-order chi connectivity index (χ0) is 20.9. The predicted octanol–water partition coefficient (Wildman–Crippen LogP) is 3.73. The van der Waals surface area contributed by atoms with Crippen molar-refractivity contribution in [3.63, 3.8) is 0 Å². The van der Waals surface area contributed by atoms with Crippen molar-refractivity contribution in [1.82, 2.24) is 9.80 Å². The summed E-state index contributed by atoms with van der Waals surface area (Å²) in [4.78, 5) is 29.0. The average Bonchev–Trinajstić information content (AvgIpc) is 2.78. The molecule has 0 atom stereocenters. The number of carbonyl (C=O) groups excluding carboxylic acids is 2. The molecule has 3 aromatic rings. The van der Waals surface area contributed by atoms with Crippen LogP contribution in [0.4, 0.5) is 4.39 Å². The van der Waals surface area contributed by atoms with E-state index >= 15 is 0 Å². The summed E-state index contributed by atoms with van der Waals surface area (Å²) >= 11 is 0. The van der Waals surface area contributed by atoms with Gasteiger partial charge in [-0.3, -0.25) is 9.59 Å². The van der Waals surface area contributed by atoms with Crippen LogP contribution in [0.15, 0.2) is 66.7 Å². The maximum atomic E-state index is 13.2. The van der Waals surface area contributed by atoms with E-state index in [4.69, 9.17) is 4.74 Å². The van der Waals surface area contributed by atoms with Gasteiger partial charge in [0.15, 0.2) is 0 Å². The highest BCUT2D eigenvalue weighted by Crippen LogP contribution is 2.21. The Bertz CT molecular complexity index is 1060. The number of fused-ring (bicyclic) bond motifs is 1. The van der Waals surface area contributed by atoms with Crippen LogP contribution in [-0.4, -0.2) is 54.4 Å². The van der Waals surface area contributed by atoms with Crippen molar-refractivity contribution in [1.29, 1.82) is 0 Å². The molecule has 0 unspecified atom stereocenters. The fourth-order valence-electron chi connectivity index (χ4n) is 3.71. The molecule has 3 aromatic carbocycles. The van der Waals surface area contributed by atoms with Gasteiger partial charge in [0, 0.05) is 37.8 Å². The fourth-order valence-corrected chi connectivity index (χ4v) is 3.71. The molecule has 154 valence electrons. The lowest BCUT2D eigenvalue weighted by atomic mass is 10.0. The third-order valence-corrected chi connectivity index (χ3v) is 5.32. The lowest BCUT2D eigenvalue weighted by Gasteiger charge is -2.35. The van der Waals surface area contributed by atoms with Crippen LogP contribution in [0.5, 0.6) is 5.75 Å². The van der Waals surface area contributed by atoms with Gasteiger partial charge in [-0.25, -0.2) is 4.39 Å². The number of piperazine rings is 1. The number of ether oxygens (including phenoxy) is 1. The Morgan fingerprint density at radius 3 is 2.37 bits per heavy atom. The maximum absolute atomic E-state index is 13.2. The maximum Gasteiger partial charge on any atom is 0.254 e. The van der Waals surface area contributed by atoms with E-state index in [-0.39, 0.29) is 30.7 Å². The van der Waals surface area contributed by atoms with Gasteiger partial charge in [0.1, 0.15) is 11.6 Å². The van der Waals surface area contributed by atoms with Crippen LogP contribution < -0.4 is 4.74 Å². The number of hydrogen-bond donors (Lipinski definition) is 0. The highest BCUT2D eigenvalue weighted by atomic mass is 19.1. The number of nitrogens with zero attached hydrogens (tertiary/aromatic N) is 2. The highest BCUT2D eigenvalue weighted by Gasteiger charge is 2.25. The highest BCUT2D eigenvalue weighted by molar-refractivity contribution is 6.07. The van der Waals surface area contributed by atoms with Gasteiger partial charge in [-0.2, -0.15) is 0 Å². The second-order valence-corrected chi connectivity index (χ2v) is 7.26. The SMILES string of the molecule is O=C(CCOc1cccc(F)c1)N1CCN(C(=O)c2cccc3ccccc23)CC1. The molecule has 0 radical (unpaired) electrons. The Morgan fingerprint density at radius 2 is 1.57 bits per heavy atom. The zero-order valence-electron chi connectivity index (χ0n) is 16.6. The summed E-state index contributed by atoms with van der Waals surface area (Å²) in [6.45, 7) is 2.18. The first-order valence-corrected chi connectivity index (χ1v) is 10.0. The molecule has 1 heterocycles. The smallest absolute Gasteiger partial charge is 0.254 e. The van der Waals surface area contributed by atoms with Gasteiger partial charge in [0.05, 0.1) is 13.0 Å². The van der Waals surface area contributed by atoms with Gasteiger partial charge >= 0.3 is 0 Å². The third-order valence-electron chi connectivity index (χ3n) is 5.32. The minimum atomic E-state index is -0.370. The van der Waals surface area contributed by atoms with Gasteiger partial charge in [-0.05, 0) is 29.0 Å². The van der Waals surface area contributed by atoms with E-state index in [9.17, 15) is 14.0 Å². The van der Waals surface area contributed by atoms with E-state index in [2.05, 4.69) is 0 Å². The molecule has 0 bridgehead atoms. The molecule has 30 heavy (non-hydrogen) atoms. The first-order valence-electron chi connectivity index (χ1n) is 10.0. The van der Waals surface area contributed by atoms with Crippen molar-refractivity contribution in [3.05, 3.63) is 78.1 Å². The van der Waals surface area contributed by atoms with Gasteiger partial charge in [-0.15, -0.1) is 0 Å². The van der Waals surface area contributed by atoms with Crippen molar-refractivity contribution in [2.24, 2.45) is 0 Å². The molecule has 1 saturated heterocycles. The number of hydrogen-bond acceptors (Lipinski definition) is 3. The average molecular weight is 406 g/mol. The van der Waals surface area contributed by atoms with Crippen LogP contribution >= 0.6 is 0 Å². The summed E-state index contributed by atoms with van der Waals surface area (Å²) in [7, 11) is 0. The summed E-state index contributed by atoms with van der Waals surface area (Å²) in [5.41, 5.74) is 0.691. The summed E-state index contributed by atoms with van der Waals surface area (Å²) in [6, 6.07) is 19.5. The molecule has 0 spiro atoms. The van der Waals surface area contributed by atoms with Crippen molar-refractivity contribution in [2.75, 3.05) is 32.8 Å². The molecule has 4 rings (SSSR count). The van der Waals surface area contributed by atoms with Crippen molar-refractivity contribution in [3.8, 4) is 5.75 Å². The Balaban J connectivity index is 1.30. The molecule has 1 aliphatic heterocycles. The number of benzene rings is 3. The van der Waals surface area contributed by atoms with Crippen LogP contribution in [0, 0.1) is 5.82 Å². The Morgan fingerprint density at radius 1 is 0.867 bits per heavy atom. The summed E-state index contributed by atoms with van der Waals surface area (Å²) in [6.07, 6.45) is 0.216. The predicted molar refractivity (Wildman–Crippen MR) is 113 cm³/mol. The Kier molecular flexibility index (Phi) is 5.93. The molecule has 2 amide bonds. The van der Waals surface area contributed by atoms with Crippen molar-refractivity contribution < 1.29 is 18.7 Å². The minimum absolute atomic E-state index is 0.00617. The van der Waals surface area contributed by atoms with E-state index in [1.165, 1.54) is 12.1 Å². The van der Waals surface area contributed by atoms with E-state index in [1.54, 1.807) is 21.9 Å². The number of amides is 2.